The van der Waals surface area contributed by atoms with Gasteiger partial charge < -0.3 is 4.90 Å². The number of likely N-dealkylation sites (tertiary alicyclic amines) is 1. The van der Waals surface area contributed by atoms with Gasteiger partial charge in [0.25, 0.3) is 0 Å². The first kappa shape index (κ1) is 21.1. The normalized spacial score (nSPS) is 20.0. The molecule has 1 atom stereocenters. The van der Waals surface area contributed by atoms with Crippen LogP contribution in [0, 0.1) is 0 Å². The van der Waals surface area contributed by atoms with Crippen LogP contribution in [0.2, 0.25) is 0 Å². The number of hydroxylamine groups is 1. The van der Waals surface area contributed by atoms with Gasteiger partial charge in [-0.1, -0.05) is 31.2 Å². The number of benzene rings is 2. The van der Waals surface area contributed by atoms with Crippen LogP contribution in [0.5, 0.6) is 0 Å². The van der Waals surface area contributed by atoms with Gasteiger partial charge in [0.15, 0.2) is 9.84 Å². The van der Waals surface area contributed by atoms with E-state index in [9.17, 15) is 8.42 Å². The molecule has 0 saturated carbocycles. The molecule has 1 unspecified atom stereocenters. The summed E-state index contributed by atoms with van der Waals surface area (Å²) in [6.45, 7) is 7.32. The van der Waals surface area contributed by atoms with Crippen LogP contribution >= 0.6 is 0 Å². The van der Waals surface area contributed by atoms with Gasteiger partial charge in [0.05, 0.1) is 16.3 Å². The molecule has 2 aromatic rings. The summed E-state index contributed by atoms with van der Waals surface area (Å²) in [7, 11) is -3.17. The molecule has 1 fully saturated rings. The van der Waals surface area contributed by atoms with Gasteiger partial charge in [-0.15, -0.1) is 0 Å². The Labute approximate surface area is 179 Å². The molecule has 2 aliphatic rings. The highest BCUT2D eigenvalue weighted by atomic mass is 32.2. The SMILES string of the molecule is CCS(=O)(=O)c1ccc(-c2ccc(N3C=C(CCN4CCCC4)C(C)O3)cc2)cc1. The minimum absolute atomic E-state index is 0.0975. The number of hydrogen-bond donors (Lipinski definition) is 0. The summed E-state index contributed by atoms with van der Waals surface area (Å²) in [6.07, 6.45) is 5.91. The maximum atomic E-state index is 12.0. The topological polar surface area (TPSA) is 49.9 Å². The van der Waals surface area contributed by atoms with Crippen molar-refractivity contribution in [3.05, 3.63) is 60.3 Å². The Balaban J connectivity index is 1.43. The van der Waals surface area contributed by atoms with Crippen LogP contribution in [0.15, 0.2) is 65.2 Å². The molecule has 6 heteroatoms. The average molecular weight is 427 g/mol. The minimum Gasteiger partial charge on any atom is -0.303 e. The van der Waals surface area contributed by atoms with E-state index in [1.807, 2.05) is 41.5 Å². The zero-order chi connectivity index (χ0) is 21.1. The fourth-order valence-corrected chi connectivity index (χ4v) is 4.93. The lowest BCUT2D eigenvalue weighted by molar-refractivity contribution is 0.107. The zero-order valence-corrected chi connectivity index (χ0v) is 18.6. The van der Waals surface area contributed by atoms with Crippen molar-refractivity contribution in [3.8, 4) is 11.1 Å². The molecule has 1 saturated heterocycles. The van der Waals surface area contributed by atoms with Crippen LogP contribution in [-0.2, 0) is 14.7 Å². The largest absolute Gasteiger partial charge is 0.303 e. The summed E-state index contributed by atoms with van der Waals surface area (Å²) in [4.78, 5) is 8.94. The lowest BCUT2D eigenvalue weighted by Gasteiger charge is -2.17. The van der Waals surface area contributed by atoms with Crippen molar-refractivity contribution in [2.75, 3.05) is 30.5 Å². The summed E-state index contributed by atoms with van der Waals surface area (Å²) in [6, 6.07) is 15.3. The molecule has 2 aliphatic heterocycles. The number of rotatable bonds is 7. The minimum atomic E-state index is -3.17. The van der Waals surface area contributed by atoms with E-state index >= 15 is 0 Å². The molecular formula is C24H30N2O3S. The standard InChI is InChI=1S/C24H30N2O3S/c1-3-30(27,28)24-12-8-21(9-13-24)20-6-10-23(11-7-20)26-18-22(19(2)29-26)14-17-25-15-4-5-16-25/h6-13,18-19H,3-5,14-17H2,1-2H3. The van der Waals surface area contributed by atoms with Crippen molar-refractivity contribution in [1.82, 2.24) is 4.90 Å². The van der Waals surface area contributed by atoms with Crippen LogP contribution in [0.1, 0.15) is 33.1 Å². The highest BCUT2D eigenvalue weighted by Crippen LogP contribution is 2.30. The maximum absolute atomic E-state index is 12.0. The highest BCUT2D eigenvalue weighted by Gasteiger charge is 2.23. The van der Waals surface area contributed by atoms with Crippen LogP contribution < -0.4 is 5.06 Å². The molecule has 0 aliphatic carbocycles. The van der Waals surface area contributed by atoms with Gasteiger partial charge in [-0.2, -0.15) is 0 Å². The highest BCUT2D eigenvalue weighted by molar-refractivity contribution is 7.91. The van der Waals surface area contributed by atoms with Gasteiger partial charge in [0.1, 0.15) is 6.10 Å². The Hall–Kier alpha value is -2.15. The molecule has 160 valence electrons. The van der Waals surface area contributed by atoms with Crippen LogP contribution in [0.4, 0.5) is 5.69 Å². The van der Waals surface area contributed by atoms with Crippen molar-refractivity contribution in [2.45, 2.75) is 44.1 Å². The predicted octanol–water partition coefficient (Wildman–Crippen LogP) is 4.66. The third-order valence-corrected chi connectivity index (χ3v) is 7.79. The average Bonchev–Trinajstić information content (AvgIpc) is 3.42. The molecule has 4 rings (SSSR count). The molecule has 0 bridgehead atoms. The van der Waals surface area contributed by atoms with Crippen LogP contribution in [0.3, 0.4) is 0 Å². The summed E-state index contributed by atoms with van der Waals surface area (Å²) >= 11 is 0. The number of hydrogen-bond acceptors (Lipinski definition) is 5. The molecule has 0 amide bonds. The summed E-state index contributed by atoms with van der Waals surface area (Å²) in [5.41, 5.74) is 4.37. The summed E-state index contributed by atoms with van der Waals surface area (Å²) in [5, 5.41) is 1.87. The molecule has 5 nitrogen and oxygen atoms in total. The second-order valence-electron chi connectivity index (χ2n) is 8.05. The first-order valence-corrected chi connectivity index (χ1v) is 12.4. The van der Waals surface area contributed by atoms with Gasteiger partial charge in [0, 0.05) is 12.7 Å². The third kappa shape index (κ3) is 4.61. The lowest BCUT2D eigenvalue weighted by atomic mass is 10.1. The zero-order valence-electron chi connectivity index (χ0n) is 17.8. The summed E-state index contributed by atoms with van der Waals surface area (Å²) in [5.74, 6) is 0.114. The molecular weight excluding hydrogens is 396 g/mol. The quantitative estimate of drug-likeness (QED) is 0.645. The third-order valence-electron chi connectivity index (χ3n) is 6.04. The van der Waals surface area contributed by atoms with Gasteiger partial charge in [-0.05, 0) is 80.2 Å². The predicted molar refractivity (Wildman–Crippen MR) is 121 cm³/mol. The molecule has 30 heavy (non-hydrogen) atoms. The van der Waals surface area contributed by atoms with Crippen LogP contribution in [-0.4, -0.2) is 44.8 Å². The van der Waals surface area contributed by atoms with Crippen molar-refractivity contribution in [3.63, 3.8) is 0 Å². The van der Waals surface area contributed by atoms with E-state index < -0.39 is 9.84 Å². The van der Waals surface area contributed by atoms with Crippen molar-refractivity contribution in [2.24, 2.45) is 0 Å². The molecule has 2 aromatic carbocycles. The van der Waals surface area contributed by atoms with E-state index in [2.05, 4.69) is 18.0 Å². The Kier molecular flexibility index (Phi) is 6.27. The van der Waals surface area contributed by atoms with Crippen molar-refractivity contribution < 1.29 is 13.3 Å². The first-order valence-electron chi connectivity index (χ1n) is 10.8. The Morgan fingerprint density at radius 1 is 0.967 bits per heavy atom. The van der Waals surface area contributed by atoms with E-state index in [0.29, 0.717) is 4.90 Å². The van der Waals surface area contributed by atoms with E-state index in [-0.39, 0.29) is 11.9 Å². The van der Waals surface area contributed by atoms with Crippen molar-refractivity contribution in [1.29, 1.82) is 0 Å². The van der Waals surface area contributed by atoms with E-state index in [1.165, 1.54) is 31.5 Å². The number of anilines is 1. The first-order chi connectivity index (χ1) is 14.5. The van der Waals surface area contributed by atoms with Crippen LogP contribution in [0.25, 0.3) is 11.1 Å². The second kappa shape index (κ2) is 8.92. The Morgan fingerprint density at radius 2 is 1.57 bits per heavy atom. The maximum Gasteiger partial charge on any atom is 0.178 e. The molecule has 0 radical (unpaired) electrons. The fourth-order valence-electron chi connectivity index (χ4n) is 4.04. The van der Waals surface area contributed by atoms with E-state index in [1.54, 1.807) is 19.1 Å². The Bertz CT molecular complexity index is 992. The fraction of sp³-hybridized carbons (Fsp3) is 0.417. The lowest BCUT2D eigenvalue weighted by Crippen LogP contribution is -2.22. The monoisotopic (exact) mass is 426 g/mol. The van der Waals surface area contributed by atoms with E-state index in [0.717, 1.165) is 29.8 Å². The molecule has 0 N–H and O–H groups in total. The smallest absolute Gasteiger partial charge is 0.178 e. The van der Waals surface area contributed by atoms with Gasteiger partial charge in [0.2, 0.25) is 0 Å². The van der Waals surface area contributed by atoms with E-state index in [4.69, 9.17) is 4.84 Å². The molecule has 0 aromatic heterocycles. The van der Waals surface area contributed by atoms with Crippen molar-refractivity contribution >= 4 is 15.5 Å². The molecule has 0 spiro atoms. The van der Waals surface area contributed by atoms with Gasteiger partial charge in [-0.3, -0.25) is 4.84 Å². The second-order valence-corrected chi connectivity index (χ2v) is 10.3. The van der Waals surface area contributed by atoms with Gasteiger partial charge >= 0.3 is 0 Å². The Morgan fingerprint density at radius 3 is 2.17 bits per heavy atom. The summed E-state index contributed by atoms with van der Waals surface area (Å²) < 4.78 is 24.0. The number of sulfone groups is 1. The van der Waals surface area contributed by atoms with Gasteiger partial charge in [-0.25, -0.2) is 13.5 Å². The number of nitrogens with zero attached hydrogens (tertiary/aromatic N) is 2. The molecule has 2 heterocycles.